The van der Waals surface area contributed by atoms with Crippen LogP contribution in [0.4, 0.5) is 17.1 Å². The minimum Gasteiger partial charge on any atom is -0.452 e. The van der Waals surface area contributed by atoms with Gasteiger partial charge in [-0.25, -0.2) is 4.79 Å². The number of hydrogen-bond acceptors (Lipinski definition) is 6. The molecule has 3 aromatic carbocycles. The van der Waals surface area contributed by atoms with Crippen molar-refractivity contribution in [3.8, 4) is 11.1 Å². The summed E-state index contributed by atoms with van der Waals surface area (Å²) in [5.74, 6) is -1.36. The highest BCUT2D eigenvalue weighted by Gasteiger charge is 2.16. The molecule has 29 heavy (non-hydrogen) atoms. The number of amides is 1. The van der Waals surface area contributed by atoms with Gasteiger partial charge in [-0.1, -0.05) is 42.5 Å². The predicted octanol–water partition coefficient (Wildman–Crippen LogP) is 3.64. The van der Waals surface area contributed by atoms with Gasteiger partial charge in [-0.15, -0.1) is 0 Å². The van der Waals surface area contributed by atoms with Gasteiger partial charge in [-0.2, -0.15) is 0 Å². The molecular formula is C21H17N3O5. The summed E-state index contributed by atoms with van der Waals surface area (Å²) in [4.78, 5) is 34.2. The molecule has 0 aromatic heterocycles. The Bertz CT molecular complexity index is 1050. The zero-order chi connectivity index (χ0) is 20.8. The van der Waals surface area contributed by atoms with Gasteiger partial charge >= 0.3 is 5.97 Å². The standard InChI is InChI=1S/C21H17N3O5/c22-19-12-17(24(27)28)10-11-18(19)21(26)29-13-20(25)23-16-8-6-15(7-9-16)14-4-2-1-3-5-14/h1-12H,13,22H2,(H,23,25). The van der Waals surface area contributed by atoms with Crippen LogP contribution in [0.2, 0.25) is 0 Å². The first-order valence-electron chi connectivity index (χ1n) is 8.60. The van der Waals surface area contributed by atoms with Crippen molar-refractivity contribution in [2.24, 2.45) is 0 Å². The summed E-state index contributed by atoms with van der Waals surface area (Å²) >= 11 is 0. The van der Waals surface area contributed by atoms with E-state index in [1.54, 1.807) is 12.1 Å². The van der Waals surface area contributed by atoms with Crippen LogP contribution in [0.25, 0.3) is 11.1 Å². The molecular weight excluding hydrogens is 374 g/mol. The van der Waals surface area contributed by atoms with E-state index in [4.69, 9.17) is 10.5 Å². The number of nitrogens with two attached hydrogens (primary N) is 1. The molecule has 0 aliphatic rings. The maximum Gasteiger partial charge on any atom is 0.340 e. The van der Waals surface area contributed by atoms with E-state index in [2.05, 4.69) is 5.32 Å². The normalized spacial score (nSPS) is 10.2. The fraction of sp³-hybridized carbons (Fsp3) is 0.0476. The highest BCUT2D eigenvalue weighted by Crippen LogP contribution is 2.22. The number of nitro groups is 1. The monoisotopic (exact) mass is 391 g/mol. The summed E-state index contributed by atoms with van der Waals surface area (Å²) < 4.78 is 4.94. The smallest absolute Gasteiger partial charge is 0.340 e. The molecule has 0 radical (unpaired) electrons. The third-order valence-electron chi connectivity index (χ3n) is 4.08. The van der Waals surface area contributed by atoms with E-state index >= 15 is 0 Å². The van der Waals surface area contributed by atoms with Gasteiger partial charge in [-0.05, 0) is 29.3 Å². The lowest BCUT2D eigenvalue weighted by molar-refractivity contribution is -0.384. The average molecular weight is 391 g/mol. The lowest BCUT2D eigenvalue weighted by atomic mass is 10.1. The number of nitrogens with zero attached hydrogens (tertiary/aromatic N) is 1. The van der Waals surface area contributed by atoms with E-state index < -0.39 is 23.4 Å². The van der Waals surface area contributed by atoms with Crippen molar-refractivity contribution >= 4 is 28.9 Å². The zero-order valence-corrected chi connectivity index (χ0v) is 15.2. The van der Waals surface area contributed by atoms with Crippen molar-refractivity contribution in [1.29, 1.82) is 0 Å². The van der Waals surface area contributed by atoms with Crippen molar-refractivity contribution in [3.63, 3.8) is 0 Å². The van der Waals surface area contributed by atoms with Gasteiger partial charge in [0.2, 0.25) is 0 Å². The largest absolute Gasteiger partial charge is 0.452 e. The van der Waals surface area contributed by atoms with Crippen LogP contribution in [0.3, 0.4) is 0 Å². The fourth-order valence-corrected chi connectivity index (χ4v) is 2.63. The number of anilines is 2. The number of hydrogen-bond donors (Lipinski definition) is 2. The molecule has 3 N–H and O–H groups in total. The van der Waals surface area contributed by atoms with Crippen LogP contribution in [0.15, 0.2) is 72.8 Å². The van der Waals surface area contributed by atoms with Crippen LogP contribution in [0, 0.1) is 10.1 Å². The van der Waals surface area contributed by atoms with Gasteiger partial charge in [0.15, 0.2) is 6.61 Å². The number of nitrogens with one attached hydrogen (secondary N) is 1. The van der Waals surface area contributed by atoms with E-state index in [0.717, 1.165) is 23.3 Å². The lowest BCUT2D eigenvalue weighted by Crippen LogP contribution is -2.21. The number of esters is 1. The summed E-state index contributed by atoms with van der Waals surface area (Å²) in [6.07, 6.45) is 0. The van der Waals surface area contributed by atoms with Crippen LogP contribution in [0.5, 0.6) is 0 Å². The second-order valence-corrected chi connectivity index (χ2v) is 6.10. The Balaban J connectivity index is 1.56. The third kappa shape index (κ3) is 4.95. The highest BCUT2D eigenvalue weighted by atomic mass is 16.6. The van der Waals surface area contributed by atoms with Crippen molar-refractivity contribution in [2.45, 2.75) is 0 Å². The first-order chi connectivity index (χ1) is 13.9. The molecule has 146 valence electrons. The predicted molar refractivity (Wildman–Crippen MR) is 108 cm³/mol. The fourth-order valence-electron chi connectivity index (χ4n) is 2.63. The second kappa shape index (κ2) is 8.66. The van der Waals surface area contributed by atoms with Gasteiger partial charge in [-0.3, -0.25) is 14.9 Å². The van der Waals surface area contributed by atoms with E-state index in [1.807, 2.05) is 42.5 Å². The van der Waals surface area contributed by atoms with Crippen molar-refractivity contribution in [1.82, 2.24) is 0 Å². The van der Waals surface area contributed by atoms with Crippen molar-refractivity contribution in [3.05, 3.63) is 88.5 Å². The molecule has 0 unspecified atom stereocenters. The van der Waals surface area contributed by atoms with E-state index in [-0.39, 0.29) is 16.9 Å². The second-order valence-electron chi connectivity index (χ2n) is 6.10. The Morgan fingerprint density at radius 2 is 1.62 bits per heavy atom. The van der Waals surface area contributed by atoms with Gasteiger partial charge < -0.3 is 15.8 Å². The summed E-state index contributed by atoms with van der Waals surface area (Å²) in [5, 5.41) is 13.3. The number of rotatable bonds is 6. The van der Waals surface area contributed by atoms with Gasteiger partial charge in [0.05, 0.1) is 16.2 Å². The molecule has 8 nitrogen and oxygen atoms in total. The number of carbonyl (C=O) groups is 2. The van der Waals surface area contributed by atoms with E-state index in [9.17, 15) is 19.7 Å². The van der Waals surface area contributed by atoms with Crippen LogP contribution >= 0.6 is 0 Å². The number of nitro benzene ring substituents is 1. The van der Waals surface area contributed by atoms with Gasteiger partial charge in [0.25, 0.3) is 11.6 Å². The van der Waals surface area contributed by atoms with Crippen LogP contribution in [0.1, 0.15) is 10.4 Å². The minimum atomic E-state index is -0.841. The molecule has 0 spiro atoms. The molecule has 0 heterocycles. The molecule has 0 atom stereocenters. The van der Waals surface area contributed by atoms with Gasteiger partial charge in [0.1, 0.15) is 0 Å². The first-order valence-corrected chi connectivity index (χ1v) is 8.60. The molecule has 3 rings (SSSR count). The molecule has 0 aliphatic heterocycles. The number of ether oxygens (including phenoxy) is 1. The lowest BCUT2D eigenvalue weighted by Gasteiger charge is -2.09. The number of nitrogen functional groups attached to an aromatic ring is 1. The Morgan fingerprint density at radius 1 is 0.966 bits per heavy atom. The highest BCUT2D eigenvalue weighted by molar-refractivity contribution is 5.98. The number of non-ortho nitro benzene ring substituents is 1. The number of benzene rings is 3. The molecule has 0 aliphatic carbocycles. The quantitative estimate of drug-likeness (QED) is 0.286. The van der Waals surface area contributed by atoms with Crippen LogP contribution < -0.4 is 11.1 Å². The maximum atomic E-state index is 12.1. The minimum absolute atomic E-state index is 0.0457. The zero-order valence-electron chi connectivity index (χ0n) is 15.2. The Labute approximate surface area is 166 Å². The van der Waals surface area contributed by atoms with Gasteiger partial charge in [0, 0.05) is 17.8 Å². The molecule has 1 amide bonds. The van der Waals surface area contributed by atoms with Crippen LogP contribution in [-0.2, 0) is 9.53 Å². The average Bonchev–Trinajstić information content (AvgIpc) is 2.73. The van der Waals surface area contributed by atoms with Crippen LogP contribution in [-0.4, -0.2) is 23.4 Å². The summed E-state index contributed by atoms with van der Waals surface area (Å²) in [6, 6.07) is 20.4. The Kier molecular flexibility index (Phi) is 5.84. The van der Waals surface area contributed by atoms with E-state index in [1.165, 1.54) is 6.07 Å². The summed E-state index contributed by atoms with van der Waals surface area (Å²) in [5.41, 5.74) is 7.88. The van der Waals surface area contributed by atoms with Crippen molar-refractivity contribution < 1.29 is 19.2 Å². The van der Waals surface area contributed by atoms with E-state index in [0.29, 0.717) is 5.69 Å². The first kappa shape index (κ1) is 19.6. The molecule has 0 bridgehead atoms. The third-order valence-corrected chi connectivity index (χ3v) is 4.08. The molecule has 0 saturated heterocycles. The SMILES string of the molecule is Nc1cc([N+](=O)[O-])ccc1C(=O)OCC(=O)Nc1ccc(-c2ccccc2)cc1. The summed E-state index contributed by atoms with van der Waals surface area (Å²) in [7, 11) is 0. The summed E-state index contributed by atoms with van der Waals surface area (Å²) in [6.45, 7) is -0.518. The maximum absolute atomic E-state index is 12.1. The molecule has 3 aromatic rings. The van der Waals surface area contributed by atoms with Crippen molar-refractivity contribution in [2.75, 3.05) is 17.7 Å². The molecule has 8 heteroatoms. The Morgan fingerprint density at radius 3 is 2.24 bits per heavy atom. The number of carbonyl (C=O) groups excluding carboxylic acids is 2. The topological polar surface area (TPSA) is 125 Å². The molecule has 0 saturated carbocycles. The Hall–Kier alpha value is -4.20. The molecule has 0 fully saturated rings.